The summed E-state index contributed by atoms with van der Waals surface area (Å²) >= 11 is 2.50. The number of rotatable bonds is 7. The van der Waals surface area contributed by atoms with Gasteiger partial charge >= 0.3 is 0 Å². The fraction of sp³-hybridized carbons (Fsp3) is 0.435. The van der Waals surface area contributed by atoms with Crippen molar-refractivity contribution in [2.45, 2.75) is 41.2 Å². The molecule has 1 fully saturated rings. The van der Waals surface area contributed by atoms with Crippen LogP contribution in [0.2, 0.25) is 0 Å². The first-order valence-electron chi connectivity index (χ1n) is 10.3. The number of halogens is 1. The number of likely N-dealkylation sites (tertiary alicyclic amines) is 1. The predicted molar refractivity (Wildman–Crippen MR) is 128 cm³/mol. The van der Waals surface area contributed by atoms with Crippen molar-refractivity contribution in [3.63, 3.8) is 0 Å². The lowest BCUT2D eigenvalue weighted by atomic mass is 10.0. The first-order chi connectivity index (χ1) is 14.3. The monoisotopic (exact) mass is 540 g/mol. The van der Waals surface area contributed by atoms with Gasteiger partial charge in [0, 0.05) is 31.9 Å². The molecule has 1 unspecified atom stereocenters. The van der Waals surface area contributed by atoms with Gasteiger partial charge in [-0.25, -0.2) is 8.42 Å². The minimum Gasteiger partial charge on any atom is -0.340 e. The number of hydrogen-bond acceptors (Lipinski definition) is 4. The van der Waals surface area contributed by atoms with Crippen LogP contribution in [0.25, 0.3) is 0 Å². The van der Waals surface area contributed by atoms with Crippen molar-refractivity contribution >= 4 is 38.3 Å². The van der Waals surface area contributed by atoms with Gasteiger partial charge in [-0.1, -0.05) is 65.1 Å². The molecule has 1 saturated heterocycles. The zero-order chi connectivity index (χ0) is 21.7. The van der Waals surface area contributed by atoms with E-state index >= 15 is 0 Å². The van der Waals surface area contributed by atoms with Crippen molar-refractivity contribution < 1.29 is 13.2 Å². The Hall–Kier alpha value is -1.45. The van der Waals surface area contributed by atoms with Gasteiger partial charge in [0.05, 0.1) is 15.4 Å². The summed E-state index contributed by atoms with van der Waals surface area (Å²) in [5, 5.41) is 0. The van der Waals surface area contributed by atoms with Crippen LogP contribution in [0.15, 0.2) is 59.5 Å². The fourth-order valence-corrected chi connectivity index (χ4v) is 5.62. The first-order valence-corrected chi connectivity index (χ1v) is 13.4. The molecule has 0 saturated carbocycles. The van der Waals surface area contributed by atoms with Crippen molar-refractivity contribution in [2.75, 3.05) is 25.9 Å². The largest absolute Gasteiger partial charge is 0.340 e. The van der Waals surface area contributed by atoms with Crippen LogP contribution < -0.4 is 0 Å². The molecule has 1 heterocycles. The van der Waals surface area contributed by atoms with Crippen LogP contribution in [0.5, 0.6) is 0 Å². The number of sulfone groups is 1. The van der Waals surface area contributed by atoms with Gasteiger partial charge in [0.15, 0.2) is 9.84 Å². The maximum Gasteiger partial charge on any atom is 0.227 e. The number of carbonyl (C=O) groups is 1. The van der Waals surface area contributed by atoms with E-state index in [-0.39, 0.29) is 16.8 Å². The van der Waals surface area contributed by atoms with E-state index in [4.69, 9.17) is 0 Å². The number of likely N-dealkylation sites (N-methyl/N-ethyl adjacent to an activating group) is 1. The number of carbonyl (C=O) groups excluding carboxylic acids is 1. The molecule has 0 radical (unpaired) electrons. The van der Waals surface area contributed by atoms with Gasteiger partial charge in [-0.05, 0) is 43.0 Å². The Morgan fingerprint density at radius 3 is 2.23 bits per heavy atom. The Labute approximate surface area is 193 Å². The summed E-state index contributed by atoms with van der Waals surface area (Å²) in [7, 11) is -3.22. The number of alkyl halides is 1. The van der Waals surface area contributed by atoms with Crippen molar-refractivity contribution in [2.24, 2.45) is 0 Å². The molecule has 0 bridgehead atoms. The predicted octanol–water partition coefficient (Wildman–Crippen LogP) is 4.08. The first kappa shape index (κ1) is 23.2. The standard InChI is InChI=1S/C23H29IN2O3S/c1-3-26(22(27)17-18-9-11-21(12-10-18)30(2,28)29)20-13-15-25(16-14-20)23(24)19-7-5-4-6-8-19/h4-12,20,23H,3,13-17H2,1-2H3. The molecule has 1 atom stereocenters. The van der Waals surface area contributed by atoms with Crippen molar-refractivity contribution in [3.05, 3.63) is 65.7 Å². The van der Waals surface area contributed by atoms with E-state index < -0.39 is 9.84 Å². The molecule has 2 aromatic rings. The minimum absolute atomic E-state index is 0.108. The zero-order valence-corrected chi connectivity index (χ0v) is 20.5. The van der Waals surface area contributed by atoms with Crippen molar-refractivity contribution in [1.82, 2.24) is 9.80 Å². The Kier molecular flexibility index (Phi) is 7.92. The average molecular weight is 540 g/mol. The molecule has 162 valence electrons. The molecule has 0 aromatic heterocycles. The molecule has 0 aliphatic carbocycles. The van der Waals surface area contributed by atoms with Crippen LogP contribution in [0.1, 0.15) is 34.9 Å². The van der Waals surface area contributed by atoms with Gasteiger partial charge in [-0.3, -0.25) is 9.69 Å². The van der Waals surface area contributed by atoms with E-state index in [0.717, 1.165) is 31.5 Å². The van der Waals surface area contributed by atoms with Gasteiger partial charge in [-0.15, -0.1) is 0 Å². The summed E-state index contributed by atoms with van der Waals surface area (Å²) < 4.78 is 23.6. The van der Waals surface area contributed by atoms with Crippen molar-refractivity contribution in [1.29, 1.82) is 0 Å². The van der Waals surface area contributed by atoms with Crippen LogP contribution in [0, 0.1) is 0 Å². The van der Waals surface area contributed by atoms with Crippen LogP contribution >= 0.6 is 22.6 Å². The Bertz CT molecular complexity index is 940. The third-order valence-corrected chi connectivity index (χ3v) is 8.34. The second-order valence-electron chi connectivity index (χ2n) is 7.79. The summed E-state index contributed by atoms with van der Waals surface area (Å²) in [6.45, 7) is 4.67. The molecular weight excluding hydrogens is 511 g/mol. The summed E-state index contributed by atoms with van der Waals surface area (Å²) in [4.78, 5) is 17.7. The SMILES string of the molecule is CCN(C(=O)Cc1ccc(S(C)(=O)=O)cc1)C1CCN(C(I)c2ccccc2)CC1. The number of benzene rings is 2. The second-order valence-corrected chi connectivity index (χ2v) is 11.0. The molecule has 0 N–H and O–H groups in total. The number of hydrogen-bond donors (Lipinski definition) is 0. The smallest absolute Gasteiger partial charge is 0.227 e. The van der Waals surface area contributed by atoms with Crippen LogP contribution in [-0.4, -0.2) is 56.1 Å². The Balaban J connectivity index is 1.58. The molecule has 0 spiro atoms. The van der Waals surface area contributed by atoms with E-state index in [9.17, 15) is 13.2 Å². The highest BCUT2D eigenvalue weighted by Gasteiger charge is 2.29. The molecule has 2 aromatic carbocycles. The molecule has 5 nitrogen and oxygen atoms in total. The lowest BCUT2D eigenvalue weighted by molar-refractivity contribution is -0.133. The third kappa shape index (κ3) is 5.82. The summed E-state index contributed by atoms with van der Waals surface area (Å²) in [5.74, 6) is 0.108. The highest BCUT2D eigenvalue weighted by molar-refractivity contribution is 14.1. The molecule has 1 aliphatic heterocycles. The lowest BCUT2D eigenvalue weighted by Crippen LogP contribution is -2.48. The highest BCUT2D eigenvalue weighted by atomic mass is 127. The summed E-state index contributed by atoms with van der Waals surface area (Å²) in [5.41, 5.74) is 2.16. The topological polar surface area (TPSA) is 57.7 Å². The number of piperidine rings is 1. The molecule has 7 heteroatoms. The van der Waals surface area contributed by atoms with E-state index in [0.29, 0.717) is 17.0 Å². The van der Waals surface area contributed by atoms with Crippen molar-refractivity contribution in [3.8, 4) is 0 Å². The van der Waals surface area contributed by atoms with Crippen LogP contribution in [-0.2, 0) is 21.1 Å². The highest BCUT2D eigenvalue weighted by Crippen LogP contribution is 2.31. The average Bonchev–Trinajstić information content (AvgIpc) is 2.74. The molecular formula is C23H29IN2O3S. The Morgan fingerprint density at radius 2 is 1.70 bits per heavy atom. The van der Waals surface area contributed by atoms with Crippen LogP contribution in [0.3, 0.4) is 0 Å². The Morgan fingerprint density at radius 1 is 1.10 bits per heavy atom. The normalized spacial score (nSPS) is 16.9. The van der Waals surface area contributed by atoms with Gasteiger partial charge in [0.1, 0.15) is 0 Å². The number of nitrogens with zero attached hydrogens (tertiary/aromatic N) is 2. The molecule has 3 rings (SSSR count). The van der Waals surface area contributed by atoms with Crippen LogP contribution in [0.4, 0.5) is 0 Å². The minimum atomic E-state index is -3.22. The molecule has 30 heavy (non-hydrogen) atoms. The summed E-state index contributed by atoms with van der Waals surface area (Å²) in [6.07, 6.45) is 3.44. The summed E-state index contributed by atoms with van der Waals surface area (Å²) in [6, 6.07) is 17.4. The van der Waals surface area contributed by atoms with Gasteiger partial charge in [0.2, 0.25) is 5.91 Å². The molecule has 1 amide bonds. The van der Waals surface area contributed by atoms with E-state index in [1.165, 1.54) is 11.8 Å². The maximum absolute atomic E-state index is 13.0. The third-order valence-electron chi connectivity index (χ3n) is 5.70. The quantitative estimate of drug-likeness (QED) is 0.302. The maximum atomic E-state index is 13.0. The lowest BCUT2D eigenvalue weighted by Gasteiger charge is -2.40. The zero-order valence-electron chi connectivity index (χ0n) is 17.5. The van der Waals surface area contributed by atoms with Gasteiger partial charge < -0.3 is 4.90 Å². The van der Waals surface area contributed by atoms with E-state index in [2.05, 4.69) is 51.8 Å². The second kappa shape index (κ2) is 10.2. The number of amides is 1. The van der Waals surface area contributed by atoms with E-state index in [1.807, 2.05) is 17.9 Å². The molecule has 1 aliphatic rings. The van der Waals surface area contributed by atoms with Gasteiger partial charge in [-0.2, -0.15) is 0 Å². The van der Waals surface area contributed by atoms with Gasteiger partial charge in [0.25, 0.3) is 0 Å². The van der Waals surface area contributed by atoms with E-state index in [1.54, 1.807) is 24.3 Å². The fourth-order valence-electron chi connectivity index (χ4n) is 4.02.